The van der Waals surface area contributed by atoms with E-state index in [9.17, 15) is 4.39 Å². The van der Waals surface area contributed by atoms with Crippen molar-refractivity contribution < 1.29 is 4.39 Å². The Morgan fingerprint density at radius 1 is 1.35 bits per heavy atom. The number of aromatic nitrogens is 2. The number of hydrogen-bond donors (Lipinski definition) is 1. The van der Waals surface area contributed by atoms with Crippen molar-refractivity contribution in [3.63, 3.8) is 0 Å². The number of imidazole rings is 1. The maximum Gasteiger partial charge on any atom is 0.201 e. The fourth-order valence-corrected chi connectivity index (χ4v) is 2.71. The lowest BCUT2D eigenvalue weighted by Gasteiger charge is -2.25. The van der Waals surface area contributed by atoms with Gasteiger partial charge >= 0.3 is 0 Å². The van der Waals surface area contributed by atoms with Gasteiger partial charge in [0, 0.05) is 6.54 Å². The average molecular weight is 278 g/mol. The number of nitrogen functional groups attached to an aromatic ring is 1. The van der Waals surface area contributed by atoms with Gasteiger partial charge in [0.15, 0.2) is 5.82 Å². The zero-order valence-corrected chi connectivity index (χ0v) is 12.6. The highest BCUT2D eigenvalue weighted by Gasteiger charge is 2.21. The van der Waals surface area contributed by atoms with E-state index in [-0.39, 0.29) is 11.9 Å². The van der Waals surface area contributed by atoms with Crippen molar-refractivity contribution in [1.82, 2.24) is 14.5 Å². The third-order valence-corrected chi connectivity index (χ3v) is 3.38. The lowest BCUT2D eigenvalue weighted by molar-refractivity contribution is 0.294. The molecule has 5 heteroatoms. The number of nitrogens with two attached hydrogens (primary N) is 1. The lowest BCUT2D eigenvalue weighted by atomic mass is 10.0. The van der Waals surface area contributed by atoms with Gasteiger partial charge in [0.25, 0.3) is 0 Å². The van der Waals surface area contributed by atoms with Gasteiger partial charge in [-0.25, -0.2) is 9.37 Å². The van der Waals surface area contributed by atoms with Crippen LogP contribution >= 0.6 is 0 Å². The number of nitrogens with zero attached hydrogens (tertiary/aromatic N) is 3. The highest BCUT2D eigenvalue weighted by atomic mass is 19.1. The first kappa shape index (κ1) is 14.8. The molecular weight excluding hydrogens is 255 g/mol. The zero-order valence-electron chi connectivity index (χ0n) is 12.6. The SMILES string of the molecule is CC(C)CC(CN(C)C)n1c(N)nc2c(F)cccc21. The molecule has 0 bridgehead atoms. The summed E-state index contributed by atoms with van der Waals surface area (Å²) in [7, 11) is 4.06. The zero-order chi connectivity index (χ0) is 14.9. The average Bonchev–Trinajstić information content (AvgIpc) is 2.65. The second-order valence-electron chi connectivity index (χ2n) is 5.99. The number of para-hydroxylation sites is 1. The highest BCUT2D eigenvalue weighted by Crippen LogP contribution is 2.28. The summed E-state index contributed by atoms with van der Waals surface area (Å²) in [5.74, 6) is 0.601. The van der Waals surface area contributed by atoms with Gasteiger partial charge in [0.2, 0.25) is 5.95 Å². The van der Waals surface area contributed by atoms with Gasteiger partial charge < -0.3 is 15.2 Å². The molecule has 0 amide bonds. The van der Waals surface area contributed by atoms with Crippen molar-refractivity contribution >= 4 is 17.0 Å². The first-order chi connectivity index (χ1) is 9.40. The molecule has 1 aromatic carbocycles. The molecule has 1 aromatic heterocycles. The number of benzene rings is 1. The standard InChI is InChI=1S/C15H23FN4/c1-10(2)8-11(9-19(3)4)20-13-7-5-6-12(16)14(13)18-15(20)17/h5-7,10-11H,8-9H2,1-4H3,(H2,17,18). The molecule has 1 atom stereocenters. The number of fused-ring (bicyclic) bond motifs is 1. The van der Waals surface area contributed by atoms with E-state index in [4.69, 9.17) is 5.73 Å². The van der Waals surface area contributed by atoms with Crippen molar-refractivity contribution in [2.45, 2.75) is 26.3 Å². The van der Waals surface area contributed by atoms with Crippen LogP contribution < -0.4 is 5.73 Å². The normalized spacial score (nSPS) is 13.6. The summed E-state index contributed by atoms with van der Waals surface area (Å²) in [6.45, 7) is 5.21. The molecular formula is C15H23FN4. The molecule has 1 heterocycles. The minimum atomic E-state index is -0.318. The van der Waals surface area contributed by atoms with Gasteiger partial charge in [0.05, 0.1) is 11.6 Å². The summed E-state index contributed by atoms with van der Waals surface area (Å²) in [6.07, 6.45) is 0.977. The molecule has 0 saturated carbocycles. The highest BCUT2D eigenvalue weighted by molar-refractivity contribution is 5.79. The third kappa shape index (κ3) is 2.93. The van der Waals surface area contributed by atoms with Crippen molar-refractivity contribution in [1.29, 1.82) is 0 Å². The Morgan fingerprint density at radius 3 is 2.65 bits per heavy atom. The predicted octanol–water partition coefficient (Wildman–Crippen LogP) is 2.91. The third-order valence-electron chi connectivity index (χ3n) is 3.38. The fraction of sp³-hybridized carbons (Fsp3) is 0.533. The minimum absolute atomic E-state index is 0.191. The van der Waals surface area contributed by atoms with Crippen molar-refractivity contribution in [2.75, 3.05) is 26.4 Å². The quantitative estimate of drug-likeness (QED) is 0.914. The van der Waals surface area contributed by atoms with Gasteiger partial charge in [-0.3, -0.25) is 0 Å². The molecule has 0 spiro atoms. The Balaban J connectivity index is 2.52. The minimum Gasteiger partial charge on any atom is -0.369 e. The Bertz CT molecular complexity index is 579. The number of halogens is 1. The van der Waals surface area contributed by atoms with Crippen LogP contribution in [0.5, 0.6) is 0 Å². The first-order valence-corrected chi connectivity index (χ1v) is 6.96. The van der Waals surface area contributed by atoms with E-state index in [0.717, 1.165) is 18.5 Å². The molecule has 0 saturated heterocycles. The van der Waals surface area contributed by atoms with Crippen molar-refractivity contribution in [2.24, 2.45) is 5.92 Å². The summed E-state index contributed by atoms with van der Waals surface area (Å²) in [4.78, 5) is 6.32. The van der Waals surface area contributed by atoms with Gasteiger partial charge in [-0.05, 0) is 38.6 Å². The Labute approximate surface area is 119 Å². The Kier molecular flexibility index (Phi) is 4.28. The molecule has 20 heavy (non-hydrogen) atoms. The van der Waals surface area contributed by atoms with E-state index in [0.29, 0.717) is 17.4 Å². The summed E-state index contributed by atoms with van der Waals surface area (Å²) in [6, 6.07) is 5.20. The molecule has 0 aliphatic heterocycles. The van der Waals surface area contributed by atoms with Crippen LogP contribution in [0.2, 0.25) is 0 Å². The van der Waals surface area contributed by atoms with Crippen LogP contribution in [0.3, 0.4) is 0 Å². The molecule has 110 valence electrons. The molecule has 4 nitrogen and oxygen atoms in total. The van der Waals surface area contributed by atoms with E-state index in [1.54, 1.807) is 6.07 Å². The molecule has 2 N–H and O–H groups in total. The van der Waals surface area contributed by atoms with Crippen LogP contribution in [0.4, 0.5) is 10.3 Å². The van der Waals surface area contributed by atoms with E-state index >= 15 is 0 Å². The van der Waals surface area contributed by atoms with Crippen LogP contribution in [0.15, 0.2) is 18.2 Å². The number of rotatable bonds is 5. The van der Waals surface area contributed by atoms with E-state index in [1.165, 1.54) is 6.07 Å². The first-order valence-electron chi connectivity index (χ1n) is 6.96. The van der Waals surface area contributed by atoms with E-state index in [1.807, 2.05) is 24.7 Å². The van der Waals surface area contributed by atoms with Gasteiger partial charge in [-0.15, -0.1) is 0 Å². The van der Waals surface area contributed by atoms with Gasteiger partial charge in [-0.1, -0.05) is 19.9 Å². The van der Waals surface area contributed by atoms with Gasteiger partial charge in [0.1, 0.15) is 5.52 Å². The monoisotopic (exact) mass is 278 g/mol. The van der Waals surface area contributed by atoms with Crippen LogP contribution in [0.25, 0.3) is 11.0 Å². The Morgan fingerprint density at radius 2 is 2.05 bits per heavy atom. The lowest BCUT2D eigenvalue weighted by Crippen LogP contribution is -2.26. The predicted molar refractivity (Wildman–Crippen MR) is 81.1 cm³/mol. The second-order valence-corrected chi connectivity index (χ2v) is 5.99. The molecule has 2 aromatic rings. The maximum atomic E-state index is 13.8. The van der Waals surface area contributed by atoms with E-state index < -0.39 is 0 Å². The summed E-state index contributed by atoms with van der Waals surface area (Å²) in [5.41, 5.74) is 7.17. The van der Waals surface area contributed by atoms with Crippen LogP contribution in [0.1, 0.15) is 26.3 Å². The molecule has 2 rings (SSSR count). The Hall–Kier alpha value is -1.62. The smallest absolute Gasteiger partial charge is 0.201 e. The van der Waals surface area contributed by atoms with Crippen LogP contribution in [-0.4, -0.2) is 35.1 Å². The number of hydrogen-bond acceptors (Lipinski definition) is 3. The molecule has 0 radical (unpaired) electrons. The van der Waals surface area contributed by atoms with Crippen molar-refractivity contribution in [3.8, 4) is 0 Å². The molecule has 0 aliphatic rings. The van der Waals surface area contributed by atoms with Crippen LogP contribution in [0, 0.1) is 11.7 Å². The second kappa shape index (κ2) is 5.79. The summed E-state index contributed by atoms with van der Waals surface area (Å²) < 4.78 is 15.8. The van der Waals surface area contributed by atoms with Crippen LogP contribution in [-0.2, 0) is 0 Å². The molecule has 1 unspecified atom stereocenters. The summed E-state index contributed by atoms with van der Waals surface area (Å²) >= 11 is 0. The van der Waals surface area contributed by atoms with E-state index in [2.05, 4.69) is 23.7 Å². The van der Waals surface area contributed by atoms with Gasteiger partial charge in [-0.2, -0.15) is 0 Å². The van der Waals surface area contributed by atoms with Crippen molar-refractivity contribution in [3.05, 3.63) is 24.0 Å². The fourth-order valence-electron chi connectivity index (χ4n) is 2.71. The maximum absolute atomic E-state index is 13.8. The molecule has 0 aliphatic carbocycles. The number of likely N-dealkylation sites (N-methyl/N-ethyl adjacent to an activating group) is 1. The summed E-state index contributed by atoms with van der Waals surface area (Å²) in [5, 5.41) is 0. The number of anilines is 1. The molecule has 0 fully saturated rings. The topological polar surface area (TPSA) is 47.1 Å². The largest absolute Gasteiger partial charge is 0.369 e.